The molecule has 0 radical (unpaired) electrons. The number of aryl methyl sites for hydroxylation is 1. The van der Waals surface area contributed by atoms with Crippen LogP contribution in [0.3, 0.4) is 0 Å². The van der Waals surface area contributed by atoms with E-state index < -0.39 is 15.8 Å². The molecular weight excluding hydrogens is 384 g/mol. The molecular formula is C14H10N4O6S2. The van der Waals surface area contributed by atoms with Crippen LogP contribution in [0, 0.1) is 20.2 Å². The molecule has 26 heavy (non-hydrogen) atoms. The molecule has 134 valence electrons. The molecule has 2 aromatic heterocycles. The summed E-state index contributed by atoms with van der Waals surface area (Å²) >= 11 is 1.82. The molecule has 0 aliphatic rings. The number of carbonyl (C=O) groups excluding carboxylic acids is 1. The number of hydrogen-bond acceptors (Lipinski definition) is 8. The molecule has 0 aliphatic heterocycles. The molecule has 0 fully saturated rings. The van der Waals surface area contributed by atoms with Gasteiger partial charge in [0.05, 0.1) is 27.7 Å². The van der Waals surface area contributed by atoms with Gasteiger partial charge in [-0.3, -0.25) is 25.0 Å². The lowest BCUT2D eigenvalue weighted by molar-refractivity contribution is -0.384. The van der Waals surface area contributed by atoms with Gasteiger partial charge < -0.3 is 9.30 Å². The number of thiazole rings is 1. The van der Waals surface area contributed by atoms with Crippen molar-refractivity contribution in [2.45, 2.75) is 0 Å². The maximum absolute atomic E-state index is 12.3. The summed E-state index contributed by atoms with van der Waals surface area (Å²) in [5.41, 5.74) is 0.426. The molecule has 3 rings (SSSR count). The van der Waals surface area contributed by atoms with E-state index in [1.807, 2.05) is 0 Å². The lowest BCUT2D eigenvalue weighted by Crippen LogP contribution is -2.13. The number of nitro benzene ring substituents is 1. The predicted molar refractivity (Wildman–Crippen MR) is 94.9 cm³/mol. The van der Waals surface area contributed by atoms with Crippen LogP contribution in [0.2, 0.25) is 0 Å². The predicted octanol–water partition coefficient (Wildman–Crippen LogP) is 2.87. The van der Waals surface area contributed by atoms with Gasteiger partial charge in [-0.1, -0.05) is 22.7 Å². The fourth-order valence-corrected chi connectivity index (χ4v) is 4.05. The number of benzene rings is 1. The summed E-state index contributed by atoms with van der Waals surface area (Å²) in [7, 11) is 3.04. The van der Waals surface area contributed by atoms with Crippen molar-refractivity contribution >= 4 is 49.5 Å². The highest BCUT2D eigenvalue weighted by molar-refractivity contribution is 7.17. The van der Waals surface area contributed by atoms with Crippen molar-refractivity contribution in [2.75, 3.05) is 7.11 Å². The van der Waals surface area contributed by atoms with E-state index in [9.17, 15) is 25.0 Å². The number of carbonyl (C=O) groups is 1. The summed E-state index contributed by atoms with van der Waals surface area (Å²) in [6, 6.07) is 5.25. The van der Waals surface area contributed by atoms with E-state index >= 15 is 0 Å². The molecule has 1 amide bonds. The van der Waals surface area contributed by atoms with Gasteiger partial charge in [0.1, 0.15) is 10.4 Å². The summed E-state index contributed by atoms with van der Waals surface area (Å²) in [4.78, 5) is 37.4. The first-order chi connectivity index (χ1) is 12.3. The fourth-order valence-electron chi connectivity index (χ4n) is 2.28. The summed E-state index contributed by atoms with van der Waals surface area (Å²) in [6.07, 6.45) is 0. The van der Waals surface area contributed by atoms with Gasteiger partial charge in [-0.15, -0.1) is 0 Å². The summed E-state index contributed by atoms with van der Waals surface area (Å²) in [6.45, 7) is 0. The number of methoxy groups -OCH3 is 1. The number of rotatable bonds is 4. The fraction of sp³-hybridized carbons (Fsp3) is 0.143. The number of aromatic nitrogens is 1. The van der Waals surface area contributed by atoms with E-state index in [0.717, 1.165) is 22.7 Å². The van der Waals surface area contributed by atoms with Gasteiger partial charge in [0, 0.05) is 19.2 Å². The molecule has 3 aromatic rings. The Kier molecular flexibility index (Phi) is 4.52. The Bertz CT molecular complexity index is 1130. The van der Waals surface area contributed by atoms with Crippen LogP contribution in [0.15, 0.2) is 29.3 Å². The topological polar surface area (TPSA) is 130 Å². The molecule has 1 aromatic carbocycles. The van der Waals surface area contributed by atoms with Crippen LogP contribution in [0.5, 0.6) is 5.75 Å². The summed E-state index contributed by atoms with van der Waals surface area (Å²) in [5, 5.41) is 21.6. The zero-order chi connectivity index (χ0) is 19.0. The first-order valence-electron chi connectivity index (χ1n) is 6.97. The normalized spacial score (nSPS) is 11.7. The number of ether oxygens (including phenoxy) is 1. The zero-order valence-electron chi connectivity index (χ0n) is 13.4. The molecule has 0 N–H and O–H groups in total. The number of thiophene rings is 1. The Labute approximate surface area is 152 Å². The van der Waals surface area contributed by atoms with Crippen LogP contribution >= 0.6 is 22.7 Å². The SMILES string of the molecule is COc1cc([N+](=O)[O-])cc2sc(=NC(=O)c3ccc([N+](=O)[O-])s3)n(C)c12. The Balaban J connectivity index is 2.13. The number of non-ortho nitro benzene ring substituents is 1. The summed E-state index contributed by atoms with van der Waals surface area (Å²) < 4.78 is 7.33. The lowest BCUT2D eigenvalue weighted by Gasteiger charge is -2.03. The third kappa shape index (κ3) is 3.07. The van der Waals surface area contributed by atoms with Crippen molar-refractivity contribution in [3.8, 4) is 5.75 Å². The molecule has 0 saturated heterocycles. The van der Waals surface area contributed by atoms with Crippen LogP contribution in [0.4, 0.5) is 10.7 Å². The van der Waals surface area contributed by atoms with Gasteiger partial charge in [-0.2, -0.15) is 4.99 Å². The maximum atomic E-state index is 12.3. The van der Waals surface area contributed by atoms with Gasteiger partial charge in [-0.05, 0) is 6.07 Å². The number of fused-ring (bicyclic) bond motifs is 1. The van der Waals surface area contributed by atoms with Crippen molar-refractivity contribution in [1.82, 2.24) is 4.57 Å². The molecule has 0 spiro atoms. The summed E-state index contributed by atoms with van der Waals surface area (Å²) in [5.74, 6) is -0.340. The molecule has 2 heterocycles. The standard InChI is InChI=1S/C14H10N4O6S2/c1-16-12-8(24-2)5-7(17(20)21)6-10(12)26-14(16)15-13(19)9-3-4-11(25-9)18(22)23/h3-6H,1-2H3. The second-order valence-corrected chi connectivity index (χ2v) is 7.08. The van der Waals surface area contributed by atoms with Crippen molar-refractivity contribution in [3.63, 3.8) is 0 Å². The number of hydrogen-bond donors (Lipinski definition) is 0. The van der Waals surface area contributed by atoms with Gasteiger partial charge >= 0.3 is 5.00 Å². The van der Waals surface area contributed by atoms with E-state index in [2.05, 4.69) is 4.99 Å². The molecule has 0 atom stereocenters. The average Bonchev–Trinajstić information content (AvgIpc) is 3.20. The average molecular weight is 394 g/mol. The van der Waals surface area contributed by atoms with Gasteiger partial charge in [-0.25, -0.2) is 0 Å². The second kappa shape index (κ2) is 6.65. The number of amides is 1. The molecule has 0 aliphatic carbocycles. The first-order valence-corrected chi connectivity index (χ1v) is 8.60. The second-order valence-electron chi connectivity index (χ2n) is 5.01. The van der Waals surface area contributed by atoms with Crippen molar-refractivity contribution in [2.24, 2.45) is 12.0 Å². The first kappa shape index (κ1) is 17.7. The highest BCUT2D eigenvalue weighted by atomic mass is 32.1. The molecule has 0 saturated carbocycles. The van der Waals surface area contributed by atoms with E-state index in [0.29, 0.717) is 15.0 Å². The smallest absolute Gasteiger partial charge is 0.324 e. The number of nitro groups is 2. The van der Waals surface area contributed by atoms with Crippen LogP contribution in [-0.4, -0.2) is 27.4 Å². The van der Waals surface area contributed by atoms with Crippen molar-refractivity contribution < 1.29 is 19.4 Å². The molecule has 10 nitrogen and oxygen atoms in total. The van der Waals surface area contributed by atoms with E-state index in [4.69, 9.17) is 4.74 Å². The Morgan fingerprint density at radius 1 is 1.19 bits per heavy atom. The minimum atomic E-state index is -0.626. The molecule has 0 bridgehead atoms. The molecule has 0 unspecified atom stereocenters. The van der Waals surface area contributed by atoms with E-state index in [1.165, 1.54) is 31.4 Å². The van der Waals surface area contributed by atoms with Gasteiger partial charge in [0.15, 0.2) is 10.6 Å². The van der Waals surface area contributed by atoms with Crippen LogP contribution in [-0.2, 0) is 7.05 Å². The largest absolute Gasteiger partial charge is 0.494 e. The highest BCUT2D eigenvalue weighted by Gasteiger charge is 2.18. The quantitative estimate of drug-likeness (QED) is 0.494. The van der Waals surface area contributed by atoms with Crippen molar-refractivity contribution in [3.05, 3.63) is 54.2 Å². The number of nitrogens with zero attached hydrogens (tertiary/aromatic N) is 4. The third-order valence-corrected chi connectivity index (χ3v) is 5.56. The minimum Gasteiger partial charge on any atom is -0.494 e. The minimum absolute atomic E-state index is 0.132. The van der Waals surface area contributed by atoms with E-state index in [-0.39, 0.29) is 21.3 Å². The Morgan fingerprint density at radius 3 is 2.50 bits per heavy atom. The molecule has 12 heteroatoms. The third-order valence-electron chi connectivity index (χ3n) is 3.46. The van der Waals surface area contributed by atoms with Crippen LogP contribution in [0.25, 0.3) is 10.2 Å². The van der Waals surface area contributed by atoms with Crippen LogP contribution < -0.4 is 9.54 Å². The highest BCUT2D eigenvalue weighted by Crippen LogP contribution is 2.32. The van der Waals surface area contributed by atoms with Gasteiger partial charge in [0.2, 0.25) is 0 Å². The Hall–Kier alpha value is -3.12. The lowest BCUT2D eigenvalue weighted by atomic mass is 10.2. The van der Waals surface area contributed by atoms with Crippen LogP contribution in [0.1, 0.15) is 9.67 Å². The Morgan fingerprint density at radius 2 is 1.92 bits per heavy atom. The van der Waals surface area contributed by atoms with Crippen molar-refractivity contribution in [1.29, 1.82) is 0 Å². The zero-order valence-corrected chi connectivity index (χ0v) is 15.0. The van der Waals surface area contributed by atoms with E-state index in [1.54, 1.807) is 11.6 Å². The maximum Gasteiger partial charge on any atom is 0.324 e. The van der Waals surface area contributed by atoms with Gasteiger partial charge in [0.25, 0.3) is 11.6 Å². The monoisotopic (exact) mass is 394 g/mol.